The molecule has 0 aliphatic carbocycles. The lowest BCUT2D eigenvalue weighted by Gasteiger charge is -2.25. The summed E-state index contributed by atoms with van der Waals surface area (Å²) in [6.07, 6.45) is 0.717. The van der Waals surface area contributed by atoms with Crippen LogP contribution in [0.25, 0.3) is 11.4 Å². The molecule has 8 heteroatoms. The summed E-state index contributed by atoms with van der Waals surface area (Å²) in [4.78, 5) is 26.9. The van der Waals surface area contributed by atoms with E-state index in [2.05, 4.69) is 15.5 Å². The van der Waals surface area contributed by atoms with Gasteiger partial charge in [-0.3, -0.25) is 9.59 Å². The smallest absolute Gasteiger partial charge is 0.303 e. The molecule has 0 aliphatic heterocycles. The SMILES string of the molecule is Cc1cc(-c2noc(CCC(=O)NC(C)(C)CCC(=O)O)n2)ccc1F. The second-order valence-electron chi connectivity index (χ2n) is 6.80. The van der Waals surface area contributed by atoms with Gasteiger partial charge in [0, 0.05) is 30.4 Å². The fourth-order valence-electron chi connectivity index (χ4n) is 2.40. The third kappa shape index (κ3) is 5.65. The van der Waals surface area contributed by atoms with E-state index in [9.17, 15) is 14.0 Å². The zero-order valence-electron chi connectivity index (χ0n) is 15.0. The molecule has 1 aromatic carbocycles. The highest BCUT2D eigenvalue weighted by Crippen LogP contribution is 2.19. The molecule has 0 fully saturated rings. The van der Waals surface area contributed by atoms with Crippen molar-refractivity contribution >= 4 is 11.9 Å². The Kier molecular flexibility index (Phi) is 6.07. The zero-order chi connectivity index (χ0) is 19.3. The Morgan fingerprint density at radius 1 is 1.31 bits per heavy atom. The van der Waals surface area contributed by atoms with Crippen LogP contribution in [-0.2, 0) is 16.0 Å². The van der Waals surface area contributed by atoms with Crippen LogP contribution in [0.2, 0.25) is 0 Å². The Morgan fingerprint density at radius 2 is 2.04 bits per heavy atom. The van der Waals surface area contributed by atoms with E-state index in [1.165, 1.54) is 6.07 Å². The Balaban J connectivity index is 1.90. The first-order valence-corrected chi connectivity index (χ1v) is 8.28. The van der Waals surface area contributed by atoms with Crippen molar-refractivity contribution in [3.63, 3.8) is 0 Å². The highest BCUT2D eigenvalue weighted by molar-refractivity contribution is 5.77. The fourth-order valence-corrected chi connectivity index (χ4v) is 2.40. The van der Waals surface area contributed by atoms with Gasteiger partial charge in [-0.15, -0.1) is 0 Å². The standard InChI is InChI=1S/C18H22FN3O4/c1-11-10-12(4-5-13(11)19)17-20-15(26-22-17)7-6-14(23)21-18(2,3)9-8-16(24)25/h4-5,10H,6-9H2,1-3H3,(H,21,23)(H,24,25). The average Bonchev–Trinajstić information content (AvgIpc) is 3.02. The van der Waals surface area contributed by atoms with Crippen molar-refractivity contribution in [1.82, 2.24) is 15.5 Å². The zero-order valence-corrected chi connectivity index (χ0v) is 15.0. The number of carboxylic acids is 1. The van der Waals surface area contributed by atoms with Gasteiger partial charge in [-0.25, -0.2) is 4.39 Å². The number of nitrogens with one attached hydrogen (secondary N) is 1. The van der Waals surface area contributed by atoms with Gasteiger partial charge < -0.3 is 14.9 Å². The van der Waals surface area contributed by atoms with E-state index in [1.54, 1.807) is 32.9 Å². The quantitative estimate of drug-likeness (QED) is 0.747. The lowest BCUT2D eigenvalue weighted by atomic mass is 9.98. The second kappa shape index (κ2) is 8.07. The molecule has 0 saturated carbocycles. The minimum absolute atomic E-state index is 0.0165. The van der Waals surface area contributed by atoms with E-state index < -0.39 is 11.5 Å². The van der Waals surface area contributed by atoms with E-state index >= 15 is 0 Å². The van der Waals surface area contributed by atoms with Gasteiger partial charge in [0.05, 0.1) is 0 Å². The van der Waals surface area contributed by atoms with E-state index in [0.717, 1.165) is 0 Å². The van der Waals surface area contributed by atoms with Gasteiger partial charge in [-0.05, 0) is 51.0 Å². The Labute approximate surface area is 150 Å². The van der Waals surface area contributed by atoms with Crippen LogP contribution in [0.15, 0.2) is 22.7 Å². The number of benzene rings is 1. The number of halogens is 1. The van der Waals surface area contributed by atoms with Crippen molar-refractivity contribution in [1.29, 1.82) is 0 Å². The molecule has 1 amide bonds. The number of amides is 1. The second-order valence-corrected chi connectivity index (χ2v) is 6.80. The summed E-state index contributed by atoms with van der Waals surface area (Å²) in [6.45, 7) is 5.20. The van der Waals surface area contributed by atoms with Gasteiger partial charge in [-0.2, -0.15) is 4.98 Å². The van der Waals surface area contributed by atoms with Crippen LogP contribution in [0, 0.1) is 12.7 Å². The molecule has 0 spiro atoms. The van der Waals surface area contributed by atoms with Gasteiger partial charge in [0.1, 0.15) is 5.82 Å². The third-order valence-electron chi connectivity index (χ3n) is 3.89. The molecular weight excluding hydrogens is 341 g/mol. The molecule has 2 aromatic rings. The third-order valence-corrected chi connectivity index (χ3v) is 3.89. The van der Waals surface area contributed by atoms with Crippen LogP contribution in [0.5, 0.6) is 0 Å². The van der Waals surface area contributed by atoms with Crippen LogP contribution >= 0.6 is 0 Å². The normalized spacial score (nSPS) is 11.4. The maximum Gasteiger partial charge on any atom is 0.303 e. The summed E-state index contributed by atoms with van der Waals surface area (Å²) < 4.78 is 18.5. The van der Waals surface area contributed by atoms with Crippen molar-refractivity contribution in [3.8, 4) is 11.4 Å². The molecule has 0 saturated heterocycles. The summed E-state index contributed by atoms with van der Waals surface area (Å²) >= 11 is 0. The molecule has 1 heterocycles. The summed E-state index contributed by atoms with van der Waals surface area (Å²) in [5.74, 6) is -0.787. The number of carbonyl (C=O) groups is 2. The molecule has 7 nitrogen and oxygen atoms in total. The van der Waals surface area contributed by atoms with Crippen LogP contribution in [0.4, 0.5) is 4.39 Å². The summed E-state index contributed by atoms with van der Waals surface area (Å²) in [5.41, 5.74) is 0.510. The van der Waals surface area contributed by atoms with Crippen LogP contribution in [0.1, 0.15) is 44.6 Å². The molecular formula is C18H22FN3O4. The Morgan fingerprint density at radius 3 is 2.69 bits per heavy atom. The number of carbonyl (C=O) groups excluding carboxylic acids is 1. The number of hydrogen-bond donors (Lipinski definition) is 2. The van der Waals surface area contributed by atoms with E-state index in [-0.39, 0.29) is 31.0 Å². The summed E-state index contributed by atoms with van der Waals surface area (Å²) in [6, 6.07) is 4.53. The summed E-state index contributed by atoms with van der Waals surface area (Å²) in [5, 5.41) is 15.4. The predicted octanol–water partition coefficient (Wildman–Crippen LogP) is 2.88. The summed E-state index contributed by atoms with van der Waals surface area (Å²) in [7, 11) is 0. The lowest BCUT2D eigenvalue weighted by molar-refractivity contribution is -0.137. The van der Waals surface area contributed by atoms with Crippen LogP contribution < -0.4 is 5.32 Å². The molecule has 2 N–H and O–H groups in total. The van der Waals surface area contributed by atoms with Crippen molar-refractivity contribution < 1.29 is 23.6 Å². The number of nitrogens with zero attached hydrogens (tertiary/aromatic N) is 2. The van der Waals surface area contributed by atoms with Crippen molar-refractivity contribution in [2.24, 2.45) is 0 Å². The first-order valence-electron chi connectivity index (χ1n) is 8.28. The van der Waals surface area contributed by atoms with E-state index in [1.807, 2.05) is 0 Å². The van der Waals surface area contributed by atoms with Crippen molar-refractivity contribution in [3.05, 3.63) is 35.5 Å². The minimum Gasteiger partial charge on any atom is -0.481 e. The van der Waals surface area contributed by atoms with Crippen molar-refractivity contribution in [2.75, 3.05) is 0 Å². The predicted molar refractivity (Wildman–Crippen MR) is 91.8 cm³/mol. The highest BCUT2D eigenvalue weighted by atomic mass is 19.1. The number of hydrogen-bond acceptors (Lipinski definition) is 5. The molecule has 0 aliphatic rings. The Hall–Kier alpha value is -2.77. The van der Waals surface area contributed by atoms with Gasteiger partial charge in [0.2, 0.25) is 17.6 Å². The maximum absolute atomic E-state index is 13.3. The van der Waals surface area contributed by atoms with Gasteiger partial charge in [0.25, 0.3) is 0 Å². The molecule has 1 aromatic heterocycles. The largest absolute Gasteiger partial charge is 0.481 e. The minimum atomic E-state index is -0.901. The molecule has 140 valence electrons. The van der Waals surface area contributed by atoms with Gasteiger partial charge in [-0.1, -0.05) is 5.16 Å². The first-order chi connectivity index (χ1) is 12.2. The number of carboxylic acid groups (broad SMARTS) is 1. The fraction of sp³-hybridized carbons (Fsp3) is 0.444. The topological polar surface area (TPSA) is 105 Å². The Bertz CT molecular complexity index is 801. The van der Waals surface area contributed by atoms with Crippen LogP contribution in [-0.4, -0.2) is 32.7 Å². The van der Waals surface area contributed by atoms with E-state index in [0.29, 0.717) is 29.3 Å². The number of rotatable bonds is 8. The number of aliphatic carboxylic acids is 1. The van der Waals surface area contributed by atoms with Crippen LogP contribution in [0.3, 0.4) is 0 Å². The van der Waals surface area contributed by atoms with Crippen molar-refractivity contribution in [2.45, 2.75) is 52.0 Å². The number of aryl methyl sites for hydroxylation is 2. The maximum atomic E-state index is 13.3. The molecule has 26 heavy (non-hydrogen) atoms. The average molecular weight is 363 g/mol. The van der Waals surface area contributed by atoms with Gasteiger partial charge >= 0.3 is 5.97 Å². The molecule has 2 rings (SSSR count). The monoisotopic (exact) mass is 363 g/mol. The molecule has 0 radical (unpaired) electrons. The molecule has 0 bridgehead atoms. The van der Waals surface area contributed by atoms with Gasteiger partial charge in [0.15, 0.2) is 0 Å². The first kappa shape index (κ1) is 19.6. The molecule has 0 unspecified atom stereocenters. The number of aromatic nitrogens is 2. The lowest BCUT2D eigenvalue weighted by Crippen LogP contribution is -2.43. The van der Waals surface area contributed by atoms with E-state index in [4.69, 9.17) is 9.63 Å². The highest BCUT2D eigenvalue weighted by Gasteiger charge is 2.22. The molecule has 0 atom stereocenters.